The van der Waals surface area contributed by atoms with E-state index < -0.39 is 0 Å². The second-order valence-electron chi connectivity index (χ2n) is 5.65. The molecule has 0 unspecified atom stereocenters. The van der Waals surface area contributed by atoms with E-state index in [2.05, 4.69) is 17.4 Å². The molecule has 0 fully saturated rings. The van der Waals surface area contributed by atoms with Gasteiger partial charge >= 0.3 is 0 Å². The summed E-state index contributed by atoms with van der Waals surface area (Å²) in [5, 5.41) is 2.88. The number of carbonyl (C=O) groups is 2. The molecule has 2 aromatic rings. The van der Waals surface area contributed by atoms with Gasteiger partial charge in [-0.15, -0.1) is 11.8 Å². The van der Waals surface area contributed by atoms with Gasteiger partial charge in [0.25, 0.3) is 0 Å². The van der Waals surface area contributed by atoms with Gasteiger partial charge in [0, 0.05) is 29.8 Å². The van der Waals surface area contributed by atoms with E-state index in [4.69, 9.17) is 0 Å². The van der Waals surface area contributed by atoms with Crippen LogP contribution >= 0.6 is 11.8 Å². The molecule has 24 heavy (non-hydrogen) atoms. The Morgan fingerprint density at radius 2 is 1.67 bits per heavy atom. The van der Waals surface area contributed by atoms with Gasteiger partial charge in [-0.05, 0) is 31.2 Å². The van der Waals surface area contributed by atoms with Gasteiger partial charge in [0.2, 0.25) is 5.91 Å². The quantitative estimate of drug-likeness (QED) is 0.421. The summed E-state index contributed by atoms with van der Waals surface area (Å²) in [6, 6.07) is 17.7. The number of rotatable bonds is 9. The first kappa shape index (κ1) is 18.3. The average Bonchev–Trinajstić information content (AvgIpc) is 2.61. The van der Waals surface area contributed by atoms with Gasteiger partial charge in [-0.1, -0.05) is 48.0 Å². The van der Waals surface area contributed by atoms with Gasteiger partial charge in [-0.25, -0.2) is 0 Å². The van der Waals surface area contributed by atoms with Crippen LogP contribution in [0.15, 0.2) is 59.5 Å². The van der Waals surface area contributed by atoms with E-state index in [-0.39, 0.29) is 24.5 Å². The molecule has 4 heteroatoms. The minimum Gasteiger partial charge on any atom is -0.356 e. The normalized spacial score (nSPS) is 10.4. The van der Waals surface area contributed by atoms with Crippen molar-refractivity contribution in [2.45, 2.75) is 31.1 Å². The molecule has 0 saturated heterocycles. The van der Waals surface area contributed by atoms with Crippen LogP contribution < -0.4 is 5.32 Å². The third kappa shape index (κ3) is 6.59. The first-order valence-corrected chi connectivity index (χ1v) is 9.18. The van der Waals surface area contributed by atoms with Crippen molar-refractivity contribution in [3.05, 3.63) is 65.7 Å². The zero-order valence-electron chi connectivity index (χ0n) is 14.0. The smallest absolute Gasteiger partial charge is 0.220 e. The number of thioether (sulfide) groups is 1. The number of benzene rings is 2. The van der Waals surface area contributed by atoms with Crippen LogP contribution in [0.1, 0.15) is 35.2 Å². The van der Waals surface area contributed by atoms with Crippen molar-refractivity contribution >= 4 is 23.5 Å². The Morgan fingerprint density at radius 1 is 0.958 bits per heavy atom. The van der Waals surface area contributed by atoms with E-state index >= 15 is 0 Å². The van der Waals surface area contributed by atoms with Crippen LogP contribution in [0, 0.1) is 6.92 Å². The van der Waals surface area contributed by atoms with Crippen molar-refractivity contribution in [3.63, 3.8) is 0 Å². The predicted molar refractivity (Wildman–Crippen MR) is 99.5 cm³/mol. The standard InChI is InChI=1S/C20H23NO2S/c1-16-8-10-17(11-9-16)19(22)12-13-20(23)21-14-5-15-24-18-6-3-2-4-7-18/h2-4,6-11H,5,12-15H2,1H3,(H,21,23). The summed E-state index contributed by atoms with van der Waals surface area (Å²) in [5.74, 6) is 0.928. The van der Waals surface area contributed by atoms with Gasteiger partial charge in [-0.2, -0.15) is 0 Å². The molecule has 0 bridgehead atoms. The van der Waals surface area contributed by atoms with Crippen LogP contribution in [-0.2, 0) is 4.79 Å². The molecule has 0 atom stereocenters. The van der Waals surface area contributed by atoms with Crippen LogP contribution in [0.25, 0.3) is 0 Å². The summed E-state index contributed by atoms with van der Waals surface area (Å²) >= 11 is 1.78. The van der Waals surface area contributed by atoms with Crippen molar-refractivity contribution in [1.29, 1.82) is 0 Å². The monoisotopic (exact) mass is 341 g/mol. The SMILES string of the molecule is Cc1ccc(C(=O)CCC(=O)NCCCSc2ccccc2)cc1. The summed E-state index contributed by atoms with van der Waals surface area (Å²) in [5.41, 5.74) is 1.80. The number of nitrogens with one attached hydrogen (secondary N) is 1. The minimum absolute atomic E-state index is 0.0183. The maximum absolute atomic E-state index is 12.0. The Hall–Kier alpha value is -2.07. The fourth-order valence-electron chi connectivity index (χ4n) is 2.21. The van der Waals surface area contributed by atoms with Crippen LogP contribution in [0.4, 0.5) is 0 Å². The van der Waals surface area contributed by atoms with E-state index in [0.717, 1.165) is 17.7 Å². The molecule has 1 amide bonds. The third-order valence-corrected chi connectivity index (χ3v) is 4.71. The summed E-state index contributed by atoms with van der Waals surface area (Å²) < 4.78 is 0. The largest absolute Gasteiger partial charge is 0.356 e. The first-order chi connectivity index (χ1) is 11.6. The number of aryl methyl sites for hydroxylation is 1. The first-order valence-electron chi connectivity index (χ1n) is 8.19. The fraction of sp³-hybridized carbons (Fsp3) is 0.300. The van der Waals surface area contributed by atoms with Crippen LogP contribution in [-0.4, -0.2) is 24.0 Å². The molecule has 0 aliphatic rings. The van der Waals surface area contributed by atoms with Crippen molar-refractivity contribution in [3.8, 4) is 0 Å². The molecule has 2 aromatic carbocycles. The van der Waals surface area contributed by atoms with E-state index in [1.807, 2.05) is 49.4 Å². The molecule has 0 spiro atoms. The summed E-state index contributed by atoms with van der Waals surface area (Å²) in [7, 11) is 0. The molecule has 3 nitrogen and oxygen atoms in total. The molecule has 0 radical (unpaired) electrons. The highest BCUT2D eigenvalue weighted by atomic mass is 32.2. The van der Waals surface area contributed by atoms with E-state index in [1.165, 1.54) is 4.90 Å². The van der Waals surface area contributed by atoms with Crippen LogP contribution in [0.2, 0.25) is 0 Å². The number of Topliss-reactive ketones (excluding diaryl/α,β-unsaturated/α-hetero) is 1. The Kier molecular flexibility index (Phi) is 7.56. The third-order valence-electron chi connectivity index (χ3n) is 3.61. The summed E-state index contributed by atoms with van der Waals surface area (Å²) in [4.78, 5) is 25.0. The Balaban J connectivity index is 1.58. The number of ketones is 1. The molecule has 0 aliphatic carbocycles. The fourth-order valence-corrected chi connectivity index (χ4v) is 3.08. The topological polar surface area (TPSA) is 46.2 Å². The lowest BCUT2D eigenvalue weighted by atomic mass is 10.1. The lowest BCUT2D eigenvalue weighted by molar-refractivity contribution is -0.121. The summed E-state index contributed by atoms with van der Waals surface area (Å²) in [6.07, 6.45) is 1.42. The molecule has 0 saturated carbocycles. The molecular weight excluding hydrogens is 318 g/mol. The number of hydrogen-bond acceptors (Lipinski definition) is 3. The van der Waals surface area contributed by atoms with Crippen molar-refractivity contribution in [2.24, 2.45) is 0 Å². The van der Waals surface area contributed by atoms with E-state index in [1.54, 1.807) is 11.8 Å². The molecule has 0 aliphatic heterocycles. The Morgan fingerprint density at radius 3 is 2.38 bits per heavy atom. The van der Waals surface area contributed by atoms with Crippen molar-refractivity contribution in [1.82, 2.24) is 5.32 Å². The molecule has 0 heterocycles. The lowest BCUT2D eigenvalue weighted by Gasteiger charge is -2.05. The van der Waals surface area contributed by atoms with Crippen molar-refractivity contribution in [2.75, 3.05) is 12.3 Å². The zero-order valence-corrected chi connectivity index (χ0v) is 14.8. The van der Waals surface area contributed by atoms with Gasteiger partial charge in [0.1, 0.15) is 0 Å². The van der Waals surface area contributed by atoms with Gasteiger partial charge in [-0.3, -0.25) is 9.59 Å². The van der Waals surface area contributed by atoms with Gasteiger partial charge in [0.15, 0.2) is 5.78 Å². The Bertz CT molecular complexity index is 653. The zero-order chi connectivity index (χ0) is 17.2. The second-order valence-corrected chi connectivity index (χ2v) is 6.82. The van der Waals surface area contributed by atoms with E-state index in [9.17, 15) is 9.59 Å². The van der Waals surface area contributed by atoms with Gasteiger partial charge < -0.3 is 5.32 Å². The molecule has 1 N–H and O–H groups in total. The second kappa shape index (κ2) is 9.93. The van der Waals surface area contributed by atoms with E-state index in [0.29, 0.717) is 12.1 Å². The number of carbonyl (C=O) groups excluding carboxylic acids is 2. The highest BCUT2D eigenvalue weighted by Gasteiger charge is 2.08. The van der Waals surface area contributed by atoms with Crippen molar-refractivity contribution < 1.29 is 9.59 Å². The number of amides is 1. The highest BCUT2D eigenvalue weighted by molar-refractivity contribution is 7.99. The summed E-state index contributed by atoms with van der Waals surface area (Å²) in [6.45, 7) is 2.63. The minimum atomic E-state index is -0.0554. The highest BCUT2D eigenvalue weighted by Crippen LogP contribution is 2.17. The lowest BCUT2D eigenvalue weighted by Crippen LogP contribution is -2.25. The van der Waals surface area contributed by atoms with Crippen LogP contribution in [0.5, 0.6) is 0 Å². The molecule has 126 valence electrons. The average molecular weight is 341 g/mol. The maximum atomic E-state index is 12.0. The predicted octanol–water partition coefficient (Wildman–Crippen LogP) is 4.26. The maximum Gasteiger partial charge on any atom is 0.220 e. The molecular formula is C20H23NO2S. The van der Waals surface area contributed by atoms with Gasteiger partial charge in [0.05, 0.1) is 0 Å². The molecule has 0 aromatic heterocycles. The Labute approximate surface area is 147 Å². The number of hydrogen-bond donors (Lipinski definition) is 1. The van der Waals surface area contributed by atoms with Crippen LogP contribution in [0.3, 0.4) is 0 Å². The molecule has 2 rings (SSSR count).